The lowest BCUT2D eigenvalue weighted by atomic mass is 10.2. The van der Waals surface area contributed by atoms with Crippen LogP contribution in [0.25, 0.3) is 0 Å². The zero-order valence-electron chi connectivity index (χ0n) is 11.8. The molecule has 0 radical (unpaired) electrons. The highest BCUT2D eigenvalue weighted by Crippen LogP contribution is 2.29. The van der Waals surface area contributed by atoms with Crippen molar-refractivity contribution in [2.24, 2.45) is 0 Å². The predicted octanol–water partition coefficient (Wildman–Crippen LogP) is 5.13. The van der Waals surface area contributed by atoms with Gasteiger partial charge in [0, 0.05) is 11.5 Å². The Labute approximate surface area is 138 Å². The summed E-state index contributed by atoms with van der Waals surface area (Å²) < 4.78 is 7.86. The molecule has 112 valence electrons. The summed E-state index contributed by atoms with van der Waals surface area (Å²) in [6.07, 6.45) is 7.16. The second kappa shape index (κ2) is 6.84. The fourth-order valence-electron chi connectivity index (χ4n) is 2.72. The van der Waals surface area contributed by atoms with Crippen LogP contribution >= 0.6 is 27.5 Å². The average molecular weight is 370 g/mol. The molecule has 1 fully saturated rings. The maximum absolute atomic E-state index is 6.21. The van der Waals surface area contributed by atoms with Crippen LogP contribution in [0.3, 0.4) is 0 Å². The lowest BCUT2D eigenvalue weighted by Gasteiger charge is -2.09. The molecule has 1 aromatic carbocycles. The molecule has 0 atom stereocenters. The number of hydrogen-bond acceptors (Lipinski definition) is 2. The third-order valence-electron chi connectivity index (χ3n) is 3.89. The minimum absolute atomic E-state index is 0.451. The van der Waals surface area contributed by atoms with E-state index in [1.807, 2.05) is 24.3 Å². The Kier molecular flexibility index (Phi) is 4.86. The summed E-state index contributed by atoms with van der Waals surface area (Å²) >= 11 is 9.63. The molecule has 1 saturated carbocycles. The number of halogens is 2. The van der Waals surface area contributed by atoms with Crippen LogP contribution in [0, 0.1) is 0 Å². The zero-order valence-corrected chi connectivity index (χ0v) is 14.1. The van der Waals surface area contributed by atoms with Crippen molar-refractivity contribution < 1.29 is 4.74 Å². The van der Waals surface area contributed by atoms with Crippen molar-refractivity contribution >= 4 is 27.5 Å². The number of rotatable bonds is 5. The van der Waals surface area contributed by atoms with Gasteiger partial charge in [0.1, 0.15) is 12.4 Å². The number of nitrogens with zero attached hydrogens (tertiary/aromatic N) is 2. The summed E-state index contributed by atoms with van der Waals surface area (Å²) in [5.74, 6) is 0.705. The lowest BCUT2D eigenvalue weighted by Crippen LogP contribution is -2.06. The first-order valence-electron chi connectivity index (χ1n) is 7.27. The molecule has 1 aliphatic carbocycles. The van der Waals surface area contributed by atoms with Gasteiger partial charge in [-0.05, 0) is 36.6 Å². The summed E-state index contributed by atoms with van der Waals surface area (Å²) in [7, 11) is 0. The molecule has 0 unspecified atom stereocenters. The van der Waals surface area contributed by atoms with E-state index in [1.54, 1.807) is 0 Å². The Bertz CT molecular complexity index is 608. The topological polar surface area (TPSA) is 27.1 Å². The van der Waals surface area contributed by atoms with Crippen LogP contribution in [-0.2, 0) is 11.9 Å². The molecule has 21 heavy (non-hydrogen) atoms. The molecular weight excluding hydrogens is 352 g/mol. The van der Waals surface area contributed by atoms with Crippen LogP contribution in [0.15, 0.2) is 30.5 Å². The molecule has 0 amide bonds. The molecule has 3 rings (SSSR count). The Hall–Kier alpha value is -1.00. The van der Waals surface area contributed by atoms with E-state index in [0.717, 1.165) is 16.6 Å². The van der Waals surface area contributed by atoms with Crippen molar-refractivity contribution in [3.63, 3.8) is 0 Å². The van der Waals surface area contributed by atoms with Crippen LogP contribution in [0.2, 0.25) is 5.02 Å². The number of ether oxygens (including phenoxy) is 1. The second-order valence-corrected chi connectivity index (χ2v) is 6.38. The zero-order chi connectivity index (χ0) is 14.7. The molecule has 0 N–H and O–H groups in total. The van der Waals surface area contributed by atoms with Crippen molar-refractivity contribution in [2.45, 2.75) is 43.7 Å². The van der Waals surface area contributed by atoms with E-state index < -0.39 is 0 Å². The highest BCUT2D eigenvalue weighted by Gasteiger charge is 2.17. The van der Waals surface area contributed by atoms with Gasteiger partial charge in [-0.25, -0.2) is 0 Å². The number of benzene rings is 1. The third-order valence-corrected chi connectivity index (χ3v) is 4.83. The van der Waals surface area contributed by atoms with Gasteiger partial charge in [0.25, 0.3) is 0 Å². The number of hydrogen-bond donors (Lipinski definition) is 0. The molecule has 5 heteroatoms. The van der Waals surface area contributed by atoms with Gasteiger partial charge in [-0.15, -0.1) is 0 Å². The second-order valence-electron chi connectivity index (χ2n) is 5.41. The van der Waals surface area contributed by atoms with E-state index in [4.69, 9.17) is 16.3 Å². The first-order valence-corrected chi connectivity index (χ1v) is 8.77. The molecular formula is C16H18BrClN2O. The first-order chi connectivity index (χ1) is 10.3. The summed E-state index contributed by atoms with van der Waals surface area (Å²) in [6, 6.07) is 8.43. The number of alkyl halides is 1. The van der Waals surface area contributed by atoms with Crippen LogP contribution in [0.4, 0.5) is 0 Å². The van der Waals surface area contributed by atoms with Gasteiger partial charge in [0.2, 0.25) is 0 Å². The molecule has 0 bridgehead atoms. The van der Waals surface area contributed by atoms with Crippen LogP contribution in [-0.4, -0.2) is 9.78 Å². The minimum Gasteiger partial charge on any atom is -0.486 e. The van der Waals surface area contributed by atoms with Gasteiger partial charge in [-0.2, -0.15) is 5.10 Å². The van der Waals surface area contributed by atoms with Crippen LogP contribution < -0.4 is 4.74 Å². The number of aromatic nitrogens is 2. The van der Waals surface area contributed by atoms with Crippen molar-refractivity contribution in [3.8, 4) is 5.75 Å². The highest BCUT2D eigenvalue weighted by molar-refractivity contribution is 9.08. The molecule has 1 heterocycles. The first kappa shape index (κ1) is 14.9. The van der Waals surface area contributed by atoms with Gasteiger partial charge in [0.05, 0.1) is 16.8 Å². The van der Waals surface area contributed by atoms with E-state index in [2.05, 4.69) is 31.9 Å². The Morgan fingerprint density at radius 2 is 2.10 bits per heavy atom. The Balaban J connectivity index is 1.62. The van der Waals surface area contributed by atoms with Gasteiger partial charge in [-0.3, -0.25) is 4.68 Å². The van der Waals surface area contributed by atoms with Gasteiger partial charge < -0.3 is 4.74 Å². The quantitative estimate of drug-likeness (QED) is 0.683. The molecule has 0 spiro atoms. The van der Waals surface area contributed by atoms with Gasteiger partial charge in [0.15, 0.2) is 0 Å². The van der Waals surface area contributed by atoms with Gasteiger partial charge in [-0.1, -0.05) is 46.4 Å². The smallest absolute Gasteiger partial charge is 0.138 e. The van der Waals surface area contributed by atoms with Crippen LogP contribution in [0.5, 0.6) is 5.75 Å². The molecule has 2 aromatic rings. The highest BCUT2D eigenvalue weighted by atomic mass is 79.9. The summed E-state index contributed by atoms with van der Waals surface area (Å²) in [5.41, 5.74) is 2.08. The Morgan fingerprint density at radius 1 is 1.29 bits per heavy atom. The fraction of sp³-hybridized carbons (Fsp3) is 0.438. The van der Waals surface area contributed by atoms with Gasteiger partial charge >= 0.3 is 0 Å². The SMILES string of the molecule is Clc1cc(CBr)ccc1OCc1ccn(C2CCCC2)n1. The maximum Gasteiger partial charge on any atom is 0.138 e. The largest absolute Gasteiger partial charge is 0.486 e. The molecule has 1 aromatic heterocycles. The van der Waals surface area contributed by atoms with E-state index in [9.17, 15) is 0 Å². The normalized spacial score (nSPS) is 15.5. The van der Waals surface area contributed by atoms with E-state index >= 15 is 0 Å². The van der Waals surface area contributed by atoms with E-state index in [-0.39, 0.29) is 0 Å². The van der Waals surface area contributed by atoms with Crippen molar-refractivity contribution in [3.05, 3.63) is 46.7 Å². The predicted molar refractivity (Wildman–Crippen MR) is 88.1 cm³/mol. The third kappa shape index (κ3) is 3.61. The monoisotopic (exact) mass is 368 g/mol. The summed E-state index contributed by atoms with van der Waals surface area (Å²) in [5, 5.41) is 6.04. The molecule has 1 aliphatic rings. The van der Waals surface area contributed by atoms with Crippen LogP contribution in [0.1, 0.15) is 43.0 Å². The summed E-state index contributed by atoms with van der Waals surface area (Å²) in [4.78, 5) is 0. The van der Waals surface area contributed by atoms with Crippen molar-refractivity contribution in [1.82, 2.24) is 9.78 Å². The Morgan fingerprint density at radius 3 is 2.81 bits per heavy atom. The fourth-order valence-corrected chi connectivity index (χ4v) is 3.33. The average Bonchev–Trinajstić information content (AvgIpc) is 3.16. The standard InChI is InChI=1S/C16H18BrClN2O/c17-10-12-5-6-16(15(18)9-12)21-11-13-7-8-20(19-13)14-3-1-2-4-14/h5-9,14H,1-4,10-11H2. The summed E-state index contributed by atoms with van der Waals surface area (Å²) in [6.45, 7) is 0.451. The van der Waals surface area contributed by atoms with Crippen molar-refractivity contribution in [1.29, 1.82) is 0 Å². The van der Waals surface area contributed by atoms with E-state index in [0.29, 0.717) is 23.4 Å². The maximum atomic E-state index is 6.21. The lowest BCUT2D eigenvalue weighted by molar-refractivity contribution is 0.298. The van der Waals surface area contributed by atoms with Crippen molar-refractivity contribution in [2.75, 3.05) is 0 Å². The van der Waals surface area contributed by atoms with E-state index in [1.165, 1.54) is 25.7 Å². The minimum atomic E-state index is 0.451. The molecule has 0 aliphatic heterocycles. The molecule has 3 nitrogen and oxygen atoms in total. The molecule has 0 saturated heterocycles.